The maximum Gasteiger partial charge on any atom is 0.240 e. The molecule has 3 rings (SSSR count). The average Bonchev–Trinajstić information content (AvgIpc) is 3.51. The van der Waals surface area contributed by atoms with E-state index in [1.54, 1.807) is 42.5 Å². The van der Waals surface area contributed by atoms with Crippen LogP contribution in [0.3, 0.4) is 0 Å². The summed E-state index contributed by atoms with van der Waals surface area (Å²) >= 11 is 0. The first-order chi connectivity index (χ1) is 13.0. The van der Waals surface area contributed by atoms with E-state index < -0.39 is 17.2 Å². The molecule has 7 nitrogen and oxygen atoms in total. The van der Waals surface area contributed by atoms with Gasteiger partial charge in [0.25, 0.3) is 0 Å². The van der Waals surface area contributed by atoms with Crippen molar-refractivity contribution in [3.05, 3.63) is 48.0 Å². The first-order valence-corrected chi connectivity index (χ1v) is 8.38. The van der Waals surface area contributed by atoms with E-state index in [1.807, 2.05) is 6.07 Å². The molecule has 0 aromatic heterocycles. The number of anilines is 2. The van der Waals surface area contributed by atoms with E-state index in [9.17, 15) is 9.59 Å². The standard InChI is InChI=1S/C20H19N3O4/c1-26-14-7-8-16(17(11-14)27-2)23-19(25)20(9-10-20)18(24)22-15-6-4-3-5-13(15)12-21/h3-8,11H,9-10H2,1-2H3,(H,22,24)(H,23,25). The third-order valence-electron chi connectivity index (χ3n) is 4.57. The van der Waals surface area contributed by atoms with Gasteiger partial charge in [0.05, 0.1) is 31.2 Å². The quantitative estimate of drug-likeness (QED) is 0.767. The van der Waals surface area contributed by atoms with E-state index in [0.717, 1.165) is 0 Å². The molecule has 2 N–H and O–H groups in total. The van der Waals surface area contributed by atoms with Crippen LogP contribution in [0.5, 0.6) is 11.5 Å². The van der Waals surface area contributed by atoms with Gasteiger partial charge in [-0.25, -0.2) is 0 Å². The number of carbonyl (C=O) groups is 2. The Bertz CT molecular complexity index is 929. The van der Waals surface area contributed by atoms with Crippen LogP contribution in [0.15, 0.2) is 42.5 Å². The van der Waals surface area contributed by atoms with Crippen LogP contribution in [-0.4, -0.2) is 26.0 Å². The molecular weight excluding hydrogens is 346 g/mol. The van der Waals surface area contributed by atoms with E-state index in [0.29, 0.717) is 41.3 Å². The summed E-state index contributed by atoms with van der Waals surface area (Å²) < 4.78 is 10.4. The van der Waals surface area contributed by atoms with Crippen LogP contribution in [-0.2, 0) is 9.59 Å². The molecule has 0 spiro atoms. The number of nitrogens with zero attached hydrogens (tertiary/aromatic N) is 1. The van der Waals surface area contributed by atoms with Crippen LogP contribution in [0.25, 0.3) is 0 Å². The molecule has 1 fully saturated rings. The van der Waals surface area contributed by atoms with Crippen LogP contribution >= 0.6 is 0 Å². The molecule has 27 heavy (non-hydrogen) atoms. The molecule has 138 valence electrons. The van der Waals surface area contributed by atoms with E-state index in [2.05, 4.69) is 10.6 Å². The Hall–Kier alpha value is -3.53. The molecular formula is C20H19N3O4. The van der Waals surface area contributed by atoms with Gasteiger partial charge >= 0.3 is 0 Å². The fraction of sp³-hybridized carbons (Fsp3) is 0.250. The summed E-state index contributed by atoms with van der Waals surface area (Å²) in [4.78, 5) is 25.5. The van der Waals surface area contributed by atoms with Crippen LogP contribution in [0, 0.1) is 16.7 Å². The molecule has 0 heterocycles. The fourth-order valence-corrected chi connectivity index (χ4v) is 2.76. The zero-order valence-electron chi connectivity index (χ0n) is 15.0. The lowest BCUT2D eigenvalue weighted by Crippen LogP contribution is -2.35. The largest absolute Gasteiger partial charge is 0.497 e. The molecule has 0 aliphatic heterocycles. The van der Waals surface area contributed by atoms with Crippen molar-refractivity contribution in [3.63, 3.8) is 0 Å². The highest BCUT2D eigenvalue weighted by atomic mass is 16.5. The zero-order valence-corrected chi connectivity index (χ0v) is 15.0. The maximum atomic E-state index is 12.8. The van der Waals surface area contributed by atoms with Crippen molar-refractivity contribution in [2.45, 2.75) is 12.8 Å². The highest BCUT2D eigenvalue weighted by molar-refractivity contribution is 6.17. The van der Waals surface area contributed by atoms with Gasteiger partial charge in [0.15, 0.2) is 0 Å². The number of carbonyl (C=O) groups excluding carboxylic acids is 2. The Morgan fingerprint density at radius 3 is 2.26 bits per heavy atom. The highest BCUT2D eigenvalue weighted by Gasteiger charge is 2.56. The first kappa shape index (κ1) is 18.3. The SMILES string of the molecule is COc1ccc(NC(=O)C2(C(=O)Nc3ccccc3C#N)CC2)c(OC)c1. The summed E-state index contributed by atoms with van der Waals surface area (Å²) in [5.74, 6) is 0.207. The molecule has 2 aromatic carbocycles. The number of methoxy groups -OCH3 is 2. The number of rotatable bonds is 6. The van der Waals surface area contributed by atoms with Crippen molar-refractivity contribution in [2.24, 2.45) is 5.41 Å². The molecule has 0 saturated heterocycles. The van der Waals surface area contributed by atoms with Crippen LogP contribution < -0.4 is 20.1 Å². The summed E-state index contributed by atoms with van der Waals surface area (Å²) in [6.07, 6.45) is 0.885. The minimum Gasteiger partial charge on any atom is -0.497 e. The van der Waals surface area contributed by atoms with Gasteiger partial charge in [-0.15, -0.1) is 0 Å². The molecule has 0 unspecified atom stereocenters. The lowest BCUT2D eigenvalue weighted by Gasteiger charge is -2.17. The Morgan fingerprint density at radius 1 is 1.00 bits per heavy atom. The lowest BCUT2D eigenvalue weighted by molar-refractivity contribution is -0.131. The van der Waals surface area contributed by atoms with E-state index in [4.69, 9.17) is 14.7 Å². The molecule has 0 atom stereocenters. The third-order valence-corrected chi connectivity index (χ3v) is 4.57. The smallest absolute Gasteiger partial charge is 0.240 e. The van der Waals surface area contributed by atoms with Crippen molar-refractivity contribution < 1.29 is 19.1 Å². The first-order valence-electron chi connectivity index (χ1n) is 8.38. The van der Waals surface area contributed by atoms with E-state index in [1.165, 1.54) is 14.2 Å². The number of amides is 2. The van der Waals surface area contributed by atoms with E-state index >= 15 is 0 Å². The average molecular weight is 365 g/mol. The molecule has 0 bridgehead atoms. The fourth-order valence-electron chi connectivity index (χ4n) is 2.76. The molecule has 1 aliphatic rings. The molecule has 2 aromatic rings. The molecule has 1 aliphatic carbocycles. The topological polar surface area (TPSA) is 100 Å². The number of benzene rings is 2. The molecule has 0 radical (unpaired) electrons. The number of hydrogen-bond acceptors (Lipinski definition) is 5. The van der Waals surface area contributed by atoms with Gasteiger partial charge in [0.1, 0.15) is 23.0 Å². The second kappa shape index (κ2) is 7.38. The Balaban J connectivity index is 1.77. The Morgan fingerprint density at radius 2 is 1.67 bits per heavy atom. The van der Waals surface area contributed by atoms with Crippen LogP contribution in [0.1, 0.15) is 18.4 Å². The van der Waals surface area contributed by atoms with Gasteiger partial charge in [0.2, 0.25) is 11.8 Å². The summed E-state index contributed by atoms with van der Waals surface area (Å²) in [6.45, 7) is 0. The number of para-hydroxylation sites is 1. The summed E-state index contributed by atoms with van der Waals surface area (Å²) in [5, 5.41) is 14.6. The van der Waals surface area contributed by atoms with Crippen LogP contribution in [0.2, 0.25) is 0 Å². The minimum atomic E-state index is -1.15. The Kier molecular flexibility index (Phi) is 4.99. The van der Waals surface area contributed by atoms with Crippen molar-refractivity contribution >= 4 is 23.2 Å². The predicted octanol–water partition coefficient (Wildman–Crippen LogP) is 2.93. The summed E-state index contributed by atoms with van der Waals surface area (Å²) in [7, 11) is 3.03. The van der Waals surface area contributed by atoms with Gasteiger partial charge in [-0.3, -0.25) is 9.59 Å². The van der Waals surface area contributed by atoms with Gasteiger partial charge in [0, 0.05) is 6.07 Å². The predicted molar refractivity (Wildman–Crippen MR) is 99.6 cm³/mol. The zero-order chi connectivity index (χ0) is 19.4. The molecule has 2 amide bonds. The van der Waals surface area contributed by atoms with Crippen molar-refractivity contribution in [2.75, 3.05) is 24.9 Å². The number of hydrogen-bond donors (Lipinski definition) is 2. The number of ether oxygens (including phenoxy) is 2. The third kappa shape index (κ3) is 3.55. The minimum absolute atomic E-state index is 0.346. The highest BCUT2D eigenvalue weighted by Crippen LogP contribution is 2.48. The summed E-state index contributed by atoms with van der Waals surface area (Å²) in [5.41, 5.74) is 0.0535. The second-order valence-electron chi connectivity index (χ2n) is 6.21. The van der Waals surface area contributed by atoms with Crippen molar-refractivity contribution in [1.29, 1.82) is 5.26 Å². The molecule has 7 heteroatoms. The lowest BCUT2D eigenvalue weighted by atomic mass is 10.0. The van der Waals surface area contributed by atoms with Gasteiger partial charge in [-0.2, -0.15) is 5.26 Å². The van der Waals surface area contributed by atoms with Gasteiger partial charge in [-0.05, 0) is 37.1 Å². The maximum absolute atomic E-state index is 12.8. The summed E-state index contributed by atoms with van der Waals surface area (Å²) in [6, 6.07) is 13.7. The monoisotopic (exact) mass is 365 g/mol. The van der Waals surface area contributed by atoms with Crippen molar-refractivity contribution in [3.8, 4) is 17.6 Å². The van der Waals surface area contributed by atoms with Crippen molar-refractivity contribution in [1.82, 2.24) is 0 Å². The number of nitriles is 1. The number of nitrogens with one attached hydrogen (secondary N) is 2. The van der Waals surface area contributed by atoms with Crippen LogP contribution in [0.4, 0.5) is 11.4 Å². The van der Waals surface area contributed by atoms with Gasteiger partial charge in [-0.1, -0.05) is 12.1 Å². The van der Waals surface area contributed by atoms with E-state index in [-0.39, 0.29) is 0 Å². The Labute approximate surface area is 156 Å². The normalized spacial score (nSPS) is 13.8. The molecule has 1 saturated carbocycles. The van der Waals surface area contributed by atoms with Gasteiger partial charge < -0.3 is 20.1 Å². The second-order valence-corrected chi connectivity index (χ2v) is 6.21.